The fourth-order valence-corrected chi connectivity index (χ4v) is 2.94. The molecule has 0 atom stereocenters. The van der Waals surface area contributed by atoms with Crippen LogP contribution in [-0.4, -0.2) is 13.4 Å². The Morgan fingerprint density at radius 3 is 2.27 bits per heavy atom. The molecule has 8 heteroatoms. The molecule has 0 aliphatic rings. The zero-order valence-corrected chi connectivity index (χ0v) is 17.4. The Balaban J connectivity index is 0.00000218. The molecule has 0 fully saturated rings. The molecule has 2 aromatic carbocycles. The summed E-state index contributed by atoms with van der Waals surface area (Å²) in [4.78, 5) is 1.54. The number of alkyl halides is 3. The molecule has 0 amide bonds. The predicted molar refractivity (Wildman–Crippen MR) is 109 cm³/mol. The number of rotatable bonds is 4. The molecular weight excluding hydrogens is 398 g/mol. The highest BCUT2D eigenvalue weighted by Gasteiger charge is 2.31. The fraction of sp³-hybridized carbons (Fsp3) is 0.318. The summed E-state index contributed by atoms with van der Waals surface area (Å²) >= 11 is 0. The van der Waals surface area contributed by atoms with Gasteiger partial charge in [0.1, 0.15) is 17.6 Å². The van der Waals surface area contributed by atoms with Crippen molar-refractivity contribution in [2.75, 3.05) is 11.9 Å². The maximum Gasteiger partial charge on any atom is 0.573 e. The van der Waals surface area contributed by atoms with Crippen LogP contribution in [-0.2, 0) is 6.54 Å². The highest BCUT2D eigenvalue weighted by Crippen LogP contribution is 2.38. The van der Waals surface area contributed by atoms with Crippen molar-refractivity contribution in [1.82, 2.24) is 0 Å². The standard InChI is InChI=1S/C20H17F4N3O.C2H6/c1-4-7-27(3)19-12(2)16(8-13(10-25)17(19)11-26)15-6-5-14(9-18(15)21)28-20(22,23)24;1-2/h5-6,8-9H,10,25H2,1-3H3;1-2H3. The van der Waals surface area contributed by atoms with Crippen LogP contribution in [0, 0.1) is 36.0 Å². The van der Waals surface area contributed by atoms with Gasteiger partial charge >= 0.3 is 6.36 Å². The minimum absolute atomic E-state index is 0.0213. The van der Waals surface area contributed by atoms with Crippen LogP contribution in [0.25, 0.3) is 11.1 Å². The SMILES string of the molecule is CC.CC#CN(C)c1c(C)c(-c2ccc(OC(F)(F)F)cc2F)cc(CN)c1C#N. The summed E-state index contributed by atoms with van der Waals surface area (Å²) in [6.07, 6.45) is -4.92. The van der Waals surface area contributed by atoms with Gasteiger partial charge in [-0.05, 0) is 48.7 Å². The van der Waals surface area contributed by atoms with E-state index in [-0.39, 0.29) is 12.1 Å². The van der Waals surface area contributed by atoms with E-state index in [1.165, 1.54) is 11.0 Å². The Hall–Kier alpha value is -3.23. The maximum atomic E-state index is 14.6. The molecule has 0 saturated carbocycles. The third-order valence-electron chi connectivity index (χ3n) is 4.05. The van der Waals surface area contributed by atoms with Gasteiger partial charge in [0.2, 0.25) is 0 Å². The van der Waals surface area contributed by atoms with Crippen molar-refractivity contribution in [1.29, 1.82) is 5.26 Å². The molecule has 0 aliphatic carbocycles. The lowest BCUT2D eigenvalue weighted by Gasteiger charge is -2.22. The summed E-state index contributed by atoms with van der Waals surface area (Å²) < 4.78 is 55.4. The Morgan fingerprint density at radius 2 is 1.80 bits per heavy atom. The Bertz CT molecular complexity index is 999. The Kier molecular flexibility index (Phi) is 8.70. The van der Waals surface area contributed by atoms with Gasteiger partial charge in [-0.25, -0.2) is 4.39 Å². The molecule has 4 nitrogen and oxygen atoms in total. The van der Waals surface area contributed by atoms with E-state index in [0.29, 0.717) is 34.0 Å². The van der Waals surface area contributed by atoms with Gasteiger partial charge in [-0.1, -0.05) is 19.8 Å². The smallest absolute Gasteiger partial charge is 0.406 e. The van der Waals surface area contributed by atoms with E-state index in [1.807, 2.05) is 13.8 Å². The van der Waals surface area contributed by atoms with Crippen LogP contribution in [0.3, 0.4) is 0 Å². The maximum absolute atomic E-state index is 14.6. The molecule has 2 rings (SSSR count). The Labute approximate surface area is 173 Å². The molecule has 0 saturated heterocycles. The van der Waals surface area contributed by atoms with Crippen molar-refractivity contribution in [3.8, 4) is 34.9 Å². The predicted octanol–water partition coefficient (Wildman–Crippen LogP) is 5.47. The number of nitrogens with zero attached hydrogens (tertiary/aromatic N) is 2. The first-order valence-corrected chi connectivity index (χ1v) is 9.11. The second-order valence-electron chi connectivity index (χ2n) is 5.86. The third kappa shape index (κ3) is 5.65. The Morgan fingerprint density at radius 1 is 1.17 bits per heavy atom. The monoisotopic (exact) mass is 421 g/mol. The van der Waals surface area contributed by atoms with Gasteiger partial charge in [0, 0.05) is 31.3 Å². The van der Waals surface area contributed by atoms with Crippen LogP contribution in [0.5, 0.6) is 5.75 Å². The summed E-state index contributed by atoms with van der Waals surface area (Å²) in [6, 6.07) is 9.36. The second-order valence-corrected chi connectivity index (χ2v) is 5.86. The lowest BCUT2D eigenvalue weighted by molar-refractivity contribution is -0.274. The molecule has 30 heavy (non-hydrogen) atoms. The molecular formula is C22H23F4N3O. The van der Waals surface area contributed by atoms with Crippen LogP contribution in [0.4, 0.5) is 23.2 Å². The van der Waals surface area contributed by atoms with Crippen LogP contribution in [0.15, 0.2) is 24.3 Å². The van der Waals surface area contributed by atoms with Gasteiger partial charge in [0.15, 0.2) is 0 Å². The molecule has 0 aliphatic heterocycles. The van der Waals surface area contributed by atoms with Crippen molar-refractivity contribution in [2.24, 2.45) is 5.73 Å². The lowest BCUT2D eigenvalue weighted by Crippen LogP contribution is -2.17. The second kappa shape index (κ2) is 10.5. The van der Waals surface area contributed by atoms with Gasteiger partial charge in [-0.2, -0.15) is 5.26 Å². The van der Waals surface area contributed by atoms with Gasteiger partial charge in [-0.15, -0.1) is 13.2 Å². The molecule has 2 aromatic rings. The topological polar surface area (TPSA) is 62.3 Å². The number of ether oxygens (including phenoxy) is 1. The van der Waals surface area contributed by atoms with Crippen LogP contribution in [0.1, 0.15) is 37.5 Å². The highest BCUT2D eigenvalue weighted by atomic mass is 19.4. The van der Waals surface area contributed by atoms with Gasteiger partial charge < -0.3 is 15.4 Å². The summed E-state index contributed by atoms with van der Waals surface area (Å²) in [7, 11) is 1.65. The normalized spacial score (nSPS) is 10.2. The summed E-state index contributed by atoms with van der Waals surface area (Å²) in [5, 5.41) is 9.55. The third-order valence-corrected chi connectivity index (χ3v) is 4.05. The number of nitriles is 1. The van der Waals surface area contributed by atoms with Crippen LogP contribution in [0.2, 0.25) is 0 Å². The van der Waals surface area contributed by atoms with Crippen molar-refractivity contribution in [3.05, 3.63) is 46.8 Å². The largest absolute Gasteiger partial charge is 0.573 e. The minimum Gasteiger partial charge on any atom is -0.406 e. The van der Waals surface area contributed by atoms with E-state index < -0.39 is 17.9 Å². The van der Waals surface area contributed by atoms with E-state index in [9.17, 15) is 22.8 Å². The first-order chi connectivity index (χ1) is 14.1. The molecule has 0 spiro atoms. The van der Waals surface area contributed by atoms with Crippen molar-refractivity contribution >= 4 is 5.69 Å². The minimum atomic E-state index is -4.92. The number of anilines is 1. The van der Waals surface area contributed by atoms with E-state index in [2.05, 4.69) is 22.8 Å². The average Bonchev–Trinajstić information content (AvgIpc) is 2.68. The number of halogens is 4. The number of nitrogens with two attached hydrogens (primary N) is 1. The molecule has 0 heterocycles. The average molecular weight is 421 g/mol. The molecule has 2 N–H and O–H groups in total. The molecule has 160 valence electrons. The number of hydrogen-bond acceptors (Lipinski definition) is 4. The summed E-state index contributed by atoms with van der Waals surface area (Å²) in [5.41, 5.74) is 8.00. The van der Waals surface area contributed by atoms with Gasteiger partial charge in [-0.3, -0.25) is 0 Å². The van der Waals surface area contributed by atoms with Crippen molar-refractivity contribution in [3.63, 3.8) is 0 Å². The summed E-state index contributed by atoms with van der Waals surface area (Å²) in [6.45, 7) is 7.33. The van der Waals surface area contributed by atoms with Gasteiger partial charge in [0.25, 0.3) is 0 Å². The fourth-order valence-electron chi connectivity index (χ4n) is 2.94. The van der Waals surface area contributed by atoms with Gasteiger partial charge in [0.05, 0.1) is 11.3 Å². The molecule has 0 radical (unpaired) electrons. The van der Waals surface area contributed by atoms with Crippen LogP contribution >= 0.6 is 0 Å². The quantitative estimate of drug-likeness (QED) is 0.404. The number of benzene rings is 2. The van der Waals surface area contributed by atoms with E-state index in [4.69, 9.17) is 5.73 Å². The van der Waals surface area contributed by atoms with E-state index in [0.717, 1.165) is 6.07 Å². The number of hydrogen-bond donors (Lipinski definition) is 1. The lowest BCUT2D eigenvalue weighted by atomic mass is 9.91. The first-order valence-electron chi connectivity index (χ1n) is 9.11. The highest BCUT2D eigenvalue weighted by molar-refractivity contribution is 5.81. The molecule has 0 unspecified atom stereocenters. The molecule has 0 bridgehead atoms. The van der Waals surface area contributed by atoms with E-state index >= 15 is 0 Å². The zero-order chi connectivity index (χ0) is 23.1. The first kappa shape index (κ1) is 24.8. The van der Waals surface area contributed by atoms with Crippen LogP contribution < -0.4 is 15.4 Å². The molecule has 0 aromatic heterocycles. The summed E-state index contributed by atoms with van der Waals surface area (Å²) in [5.74, 6) is 1.17. The van der Waals surface area contributed by atoms with Crippen molar-refractivity contribution < 1.29 is 22.3 Å². The zero-order valence-electron chi connectivity index (χ0n) is 17.4. The van der Waals surface area contributed by atoms with Crippen molar-refractivity contribution in [2.45, 2.75) is 40.6 Å². The van der Waals surface area contributed by atoms with E-state index in [1.54, 1.807) is 27.0 Å².